The quantitative estimate of drug-likeness (QED) is 0.326. The molecule has 0 fully saturated rings. The van der Waals surface area contributed by atoms with E-state index in [0.29, 0.717) is 22.9 Å². The molecule has 0 saturated heterocycles. The largest absolute Gasteiger partial charge is 0.280 e. The summed E-state index contributed by atoms with van der Waals surface area (Å²) >= 11 is 2.13. The Morgan fingerprint density at radius 1 is 0.844 bits per heavy atom. The summed E-state index contributed by atoms with van der Waals surface area (Å²) in [6.45, 7) is 0. The number of sulfonamides is 1. The van der Waals surface area contributed by atoms with Crippen LogP contribution < -0.4 is 4.72 Å². The molecule has 0 saturated carbocycles. The van der Waals surface area contributed by atoms with Crippen molar-refractivity contribution in [2.45, 2.75) is 4.90 Å². The fourth-order valence-corrected chi connectivity index (χ4v) is 4.60. The molecule has 10 heteroatoms. The number of aromatic nitrogens is 5. The SMILES string of the molecule is O=S(=O)(Nc1cccc(-c2ccc3nnc(-c4ccncc4)n3n2)c1)c1ccc(I)cc1. The van der Waals surface area contributed by atoms with Gasteiger partial charge in [0.2, 0.25) is 0 Å². The van der Waals surface area contributed by atoms with Gasteiger partial charge in [-0.2, -0.15) is 9.61 Å². The molecule has 5 aromatic rings. The van der Waals surface area contributed by atoms with Crippen molar-refractivity contribution in [1.29, 1.82) is 0 Å². The zero-order valence-corrected chi connectivity index (χ0v) is 19.4. The topological polar surface area (TPSA) is 102 Å². The summed E-state index contributed by atoms with van der Waals surface area (Å²) in [5.74, 6) is 0.597. The lowest BCUT2D eigenvalue weighted by Gasteiger charge is -2.10. The fraction of sp³-hybridized carbons (Fsp3) is 0. The van der Waals surface area contributed by atoms with Gasteiger partial charge in [-0.25, -0.2) is 8.42 Å². The molecule has 158 valence electrons. The van der Waals surface area contributed by atoms with Crippen LogP contribution in [0.3, 0.4) is 0 Å². The minimum atomic E-state index is -3.70. The van der Waals surface area contributed by atoms with Crippen molar-refractivity contribution in [2.75, 3.05) is 4.72 Å². The van der Waals surface area contributed by atoms with E-state index in [2.05, 4.69) is 47.6 Å². The van der Waals surface area contributed by atoms with Crippen molar-refractivity contribution in [3.8, 4) is 22.6 Å². The highest BCUT2D eigenvalue weighted by Crippen LogP contribution is 2.25. The number of nitrogens with one attached hydrogen (secondary N) is 1. The average molecular weight is 554 g/mol. The van der Waals surface area contributed by atoms with Crippen LogP contribution in [0.2, 0.25) is 0 Å². The number of hydrogen-bond donors (Lipinski definition) is 1. The van der Waals surface area contributed by atoms with Crippen molar-refractivity contribution < 1.29 is 8.42 Å². The monoisotopic (exact) mass is 554 g/mol. The molecule has 8 nitrogen and oxygen atoms in total. The third-order valence-corrected chi connectivity index (χ3v) is 6.85. The summed E-state index contributed by atoms with van der Waals surface area (Å²) in [7, 11) is -3.70. The van der Waals surface area contributed by atoms with Gasteiger partial charge in [-0.15, -0.1) is 10.2 Å². The molecule has 0 unspecified atom stereocenters. The van der Waals surface area contributed by atoms with E-state index in [-0.39, 0.29) is 4.90 Å². The number of hydrogen-bond acceptors (Lipinski definition) is 6. The van der Waals surface area contributed by atoms with Gasteiger partial charge in [-0.3, -0.25) is 9.71 Å². The van der Waals surface area contributed by atoms with Crippen molar-refractivity contribution in [3.63, 3.8) is 0 Å². The normalized spacial score (nSPS) is 11.5. The maximum Gasteiger partial charge on any atom is 0.261 e. The van der Waals surface area contributed by atoms with Crippen LogP contribution in [0.15, 0.2) is 90.1 Å². The Kier molecular flexibility index (Phi) is 5.31. The van der Waals surface area contributed by atoms with Gasteiger partial charge in [-0.05, 0) is 83.3 Å². The second kappa shape index (κ2) is 8.28. The summed E-state index contributed by atoms with van der Waals surface area (Å²) < 4.78 is 30.8. The van der Waals surface area contributed by atoms with Crippen LogP contribution in [0.5, 0.6) is 0 Å². The van der Waals surface area contributed by atoms with E-state index in [1.165, 1.54) is 0 Å². The summed E-state index contributed by atoms with van der Waals surface area (Å²) in [5, 5.41) is 13.1. The van der Waals surface area contributed by atoms with E-state index in [0.717, 1.165) is 14.7 Å². The van der Waals surface area contributed by atoms with E-state index in [1.54, 1.807) is 59.4 Å². The average Bonchev–Trinajstić information content (AvgIpc) is 3.23. The molecule has 0 aliphatic rings. The van der Waals surface area contributed by atoms with E-state index in [1.807, 2.05) is 30.3 Å². The summed E-state index contributed by atoms with van der Waals surface area (Å²) in [6, 6.07) is 21.1. The zero-order chi connectivity index (χ0) is 22.1. The van der Waals surface area contributed by atoms with Gasteiger partial charge in [-0.1, -0.05) is 12.1 Å². The second-order valence-corrected chi connectivity index (χ2v) is 9.82. The van der Waals surface area contributed by atoms with Crippen LogP contribution in [0.1, 0.15) is 0 Å². The summed E-state index contributed by atoms with van der Waals surface area (Å²) in [4.78, 5) is 4.23. The first kappa shape index (κ1) is 20.5. The third-order valence-electron chi connectivity index (χ3n) is 4.74. The lowest BCUT2D eigenvalue weighted by atomic mass is 10.1. The molecule has 5 rings (SSSR count). The molecule has 3 aromatic heterocycles. The Labute approximate surface area is 197 Å². The van der Waals surface area contributed by atoms with Crippen molar-refractivity contribution >= 4 is 43.9 Å². The van der Waals surface area contributed by atoms with Crippen LogP contribution in [0.25, 0.3) is 28.3 Å². The van der Waals surface area contributed by atoms with Crippen LogP contribution in [-0.2, 0) is 10.0 Å². The molecular formula is C22H15IN6O2S. The van der Waals surface area contributed by atoms with Gasteiger partial charge in [0.15, 0.2) is 11.5 Å². The lowest BCUT2D eigenvalue weighted by Crippen LogP contribution is -2.12. The van der Waals surface area contributed by atoms with Crippen LogP contribution in [-0.4, -0.2) is 33.2 Å². The van der Waals surface area contributed by atoms with Crippen molar-refractivity contribution in [2.24, 2.45) is 0 Å². The third kappa shape index (κ3) is 4.06. The second-order valence-electron chi connectivity index (χ2n) is 6.89. The van der Waals surface area contributed by atoms with Crippen LogP contribution in [0, 0.1) is 3.57 Å². The van der Waals surface area contributed by atoms with E-state index in [9.17, 15) is 8.42 Å². The summed E-state index contributed by atoms with van der Waals surface area (Å²) in [6.07, 6.45) is 3.37. The zero-order valence-electron chi connectivity index (χ0n) is 16.4. The Hall–Kier alpha value is -3.38. The van der Waals surface area contributed by atoms with Gasteiger partial charge in [0.1, 0.15) is 0 Å². The minimum Gasteiger partial charge on any atom is -0.280 e. The molecule has 0 amide bonds. The Bertz CT molecular complexity index is 1520. The van der Waals surface area contributed by atoms with E-state index in [4.69, 9.17) is 0 Å². The first-order valence-corrected chi connectivity index (χ1v) is 12.1. The number of benzene rings is 2. The van der Waals surface area contributed by atoms with Gasteiger partial charge < -0.3 is 0 Å². The Morgan fingerprint density at radius 3 is 2.41 bits per heavy atom. The number of anilines is 1. The molecule has 2 aromatic carbocycles. The van der Waals surface area contributed by atoms with Gasteiger partial charge in [0, 0.05) is 32.8 Å². The highest BCUT2D eigenvalue weighted by molar-refractivity contribution is 14.1. The highest BCUT2D eigenvalue weighted by atomic mass is 127. The molecule has 32 heavy (non-hydrogen) atoms. The number of pyridine rings is 1. The Morgan fingerprint density at radius 2 is 1.62 bits per heavy atom. The predicted molar refractivity (Wildman–Crippen MR) is 129 cm³/mol. The van der Waals surface area contributed by atoms with Crippen LogP contribution >= 0.6 is 22.6 Å². The maximum absolute atomic E-state index is 12.7. The summed E-state index contributed by atoms with van der Waals surface area (Å²) in [5.41, 5.74) is 3.31. The van der Waals surface area contributed by atoms with Gasteiger partial charge in [0.25, 0.3) is 10.0 Å². The molecule has 3 heterocycles. The minimum absolute atomic E-state index is 0.203. The van der Waals surface area contributed by atoms with Gasteiger partial charge in [0.05, 0.1) is 10.6 Å². The first-order chi connectivity index (χ1) is 15.5. The number of fused-ring (bicyclic) bond motifs is 1. The number of rotatable bonds is 5. The smallest absolute Gasteiger partial charge is 0.261 e. The predicted octanol–water partition coefficient (Wildman–Crippen LogP) is 4.26. The van der Waals surface area contributed by atoms with Crippen LogP contribution in [0.4, 0.5) is 5.69 Å². The number of halogens is 1. The molecule has 0 spiro atoms. The van der Waals surface area contributed by atoms with E-state index >= 15 is 0 Å². The molecule has 1 N–H and O–H groups in total. The highest BCUT2D eigenvalue weighted by Gasteiger charge is 2.15. The first-order valence-electron chi connectivity index (χ1n) is 9.51. The Balaban J connectivity index is 1.50. The molecule has 0 atom stereocenters. The molecule has 0 aliphatic carbocycles. The molecule has 0 bridgehead atoms. The number of nitrogens with zero attached hydrogens (tertiary/aromatic N) is 5. The van der Waals surface area contributed by atoms with Crippen molar-refractivity contribution in [1.82, 2.24) is 24.8 Å². The molecular weight excluding hydrogens is 539 g/mol. The van der Waals surface area contributed by atoms with Gasteiger partial charge >= 0.3 is 0 Å². The molecule has 0 aliphatic heterocycles. The van der Waals surface area contributed by atoms with E-state index < -0.39 is 10.0 Å². The molecule has 0 radical (unpaired) electrons. The van der Waals surface area contributed by atoms with Crippen molar-refractivity contribution in [3.05, 3.63) is 88.8 Å². The lowest BCUT2D eigenvalue weighted by molar-refractivity contribution is 0.601. The fourth-order valence-electron chi connectivity index (χ4n) is 3.19. The standard InChI is InChI=1S/C22H15IN6O2S/c23-17-4-6-19(7-5-17)32(30,31)28-18-3-1-2-16(14-18)20-8-9-21-25-26-22(29(21)27-20)15-10-12-24-13-11-15/h1-14,28H. The maximum atomic E-state index is 12.7.